The molecule has 0 bridgehead atoms. The van der Waals surface area contributed by atoms with Gasteiger partial charge in [0.15, 0.2) is 0 Å². The van der Waals surface area contributed by atoms with E-state index in [0.717, 1.165) is 5.56 Å². The summed E-state index contributed by atoms with van der Waals surface area (Å²) < 4.78 is 5.07. The third-order valence-corrected chi connectivity index (χ3v) is 3.33. The van der Waals surface area contributed by atoms with Crippen LogP contribution in [0.15, 0.2) is 36.4 Å². The number of nitrogens with one attached hydrogen (secondary N) is 1. The quantitative estimate of drug-likeness (QED) is 0.849. The predicted octanol–water partition coefficient (Wildman–Crippen LogP) is 2.73. The van der Waals surface area contributed by atoms with Crippen LogP contribution in [-0.4, -0.2) is 13.0 Å². The molecule has 0 aliphatic carbocycles. The number of nitrogens with zero attached hydrogens (tertiary/aromatic N) is 1. The van der Waals surface area contributed by atoms with Gasteiger partial charge in [0.25, 0.3) is 5.91 Å². The van der Waals surface area contributed by atoms with E-state index in [2.05, 4.69) is 5.32 Å². The number of nitriles is 1. The van der Waals surface area contributed by atoms with Crippen LogP contribution in [0, 0.1) is 11.3 Å². The molecule has 2 aromatic carbocycles. The lowest BCUT2D eigenvalue weighted by atomic mass is 10.1. The molecule has 0 aliphatic rings. The summed E-state index contributed by atoms with van der Waals surface area (Å²) in [4.78, 5) is 12.1. The van der Waals surface area contributed by atoms with E-state index in [1.807, 2.05) is 6.07 Å². The van der Waals surface area contributed by atoms with Crippen molar-refractivity contribution in [1.82, 2.24) is 5.32 Å². The number of halogens is 1. The van der Waals surface area contributed by atoms with E-state index >= 15 is 0 Å². The number of carbonyl (C=O) groups is 1. The van der Waals surface area contributed by atoms with Gasteiger partial charge < -0.3 is 15.8 Å². The van der Waals surface area contributed by atoms with Crippen LogP contribution in [0.3, 0.4) is 0 Å². The van der Waals surface area contributed by atoms with Gasteiger partial charge in [0.05, 0.1) is 18.2 Å². The summed E-state index contributed by atoms with van der Waals surface area (Å²) in [7, 11) is 1.50. The molecule has 0 heterocycles. The molecule has 22 heavy (non-hydrogen) atoms. The van der Waals surface area contributed by atoms with Crippen LogP contribution < -0.4 is 15.8 Å². The fraction of sp³-hybridized carbons (Fsp3) is 0.125. The average Bonchev–Trinajstić information content (AvgIpc) is 2.54. The third kappa shape index (κ3) is 3.48. The Balaban J connectivity index is 2.11. The first kappa shape index (κ1) is 15.7. The minimum atomic E-state index is -0.325. The van der Waals surface area contributed by atoms with Crippen LogP contribution in [0.4, 0.5) is 5.69 Å². The van der Waals surface area contributed by atoms with Crippen LogP contribution in [0.2, 0.25) is 5.02 Å². The standard InChI is InChI=1S/C16H14ClN3O2/c1-22-15-5-2-10(6-11(15)8-18)9-20-16(21)13-7-12(17)3-4-14(13)19/h2-7H,9,19H2,1H3,(H,20,21). The zero-order chi connectivity index (χ0) is 16.1. The molecule has 1 amide bonds. The maximum atomic E-state index is 12.1. The molecule has 112 valence electrons. The average molecular weight is 316 g/mol. The van der Waals surface area contributed by atoms with Crippen molar-refractivity contribution in [3.8, 4) is 11.8 Å². The molecule has 0 atom stereocenters. The van der Waals surface area contributed by atoms with E-state index in [1.54, 1.807) is 30.3 Å². The van der Waals surface area contributed by atoms with Gasteiger partial charge in [-0.15, -0.1) is 0 Å². The Morgan fingerprint density at radius 3 is 2.82 bits per heavy atom. The van der Waals surface area contributed by atoms with Gasteiger partial charge in [-0.2, -0.15) is 5.26 Å². The second-order valence-electron chi connectivity index (χ2n) is 4.56. The lowest BCUT2D eigenvalue weighted by Gasteiger charge is -2.09. The van der Waals surface area contributed by atoms with Crippen LogP contribution >= 0.6 is 11.6 Å². The highest BCUT2D eigenvalue weighted by molar-refractivity contribution is 6.31. The molecule has 0 fully saturated rings. The molecule has 0 saturated heterocycles. The van der Waals surface area contributed by atoms with Gasteiger partial charge in [0.2, 0.25) is 0 Å². The Bertz CT molecular complexity index is 754. The highest BCUT2D eigenvalue weighted by atomic mass is 35.5. The van der Waals surface area contributed by atoms with Gasteiger partial charge >= 0.3 is 0 Å². The maximum Gasteiger partial charge on any atom is 0.253 e. The van der Waals surface area contributed by atoms with Gasteiger partial charge in [-0.1, -0.05) is 17.7 Å². The number of carbonyl (C=O) groups excluding carboxylic acids is 1. The van der Waals surface area contributed by atoms with Crippen molar-refractivity contribution in [2.45, 2.75) is 6.54 Å². The smallest absolute Gasteiger partial charge is 0.253 e. The van der Waals surface area contributed by atoms with Gasteiger partial charge in [-0.05, 0) is 35.9 Å². The molecule has 3 N–H and O–H groups in total. The topological polar surface area (TPSA) is 88.1 Å². The number of amides is 1. The number of benzene rings is 2. The highest BCUT2D eigenvalue weighted by Crippen LogP contribution is 2.20. The van der Waals surface area contributed by atoms with Gasteiger partial charge in [0, 0.05) is 17.3 Å². The number of ether oxygens (including phenoxy) is 1. The fourth-order valence-electron chi connectivity index (χ4n) is 1.96. The van der Waals surface area contributed by atoms with Crippen LogP contribution in [0.25, 0.3) is 0 Å². The first-order valence-corrected chi connectivity index (χ1v) is 6.83. The summed E-state index contributed by atoms with van der Waals surface area (Å²) in [5.74, 6) is 0.172. The monoisotopic (exact) mass is 315 g/mol. The van der Waals surface area contributed by atoms with Crippen LogP contribution in [0.5, 0.6) is 5.75 Å². The molecular formula is C16H14ClN3O2. The van der Waals surface area contributed by atoms with E-state index in [-0.39, 0.29) is 12.5 Å². The number of nitrogen functional groups attached to an aromatic ring is 1. The third-order valence-electron chi connectivity index (χ3n) is 3.10. The zero-order valence-electron chi connectivity index (χ0n) is 11.9. The first-order chi connectivity index (χ1) is 10.5. The largest absolute Gasteiger partial charge is 0.495 e. The minimum Gasteiger partial charge on any atom is -0.495 e. The first-order valence-electron chi connectivity index (χ1n) is 6.45. The van der Waals surface area contributed by atoms with Crippen molar-refractivity contribution in [3.05, 3.63) is 58.1 Å². The SMILES string of the molecule is COc1ccc(CNC(=O)c2cc(Cl)ccc2N)cc1C#N. The summed E-state index contributed by atoms with van der Waals surface area (Å²) in [6.45, 7) is 0.267. The Morgan fingerprint density at radius 1 is 1.36 bits per heavy atom. The number of rotatable bonds is 4. The Labute approximate surface area is 133 Å². The molecule has 0 aliphatic heterocycles. The lowest BCUT2D eigenvalue weighted by Crippen LogP contribution is -2.23. The Morgan fingerprint density at radius 2 is 2.14 bits per heavy atom. The molecule has 0 spiro atoms. The van der Waals surface area contributed by atoms with Crippen molar-refractivity contribution >= 4 is 23.2 Å². The second-order valence-corrected chi connectivity index (χ2v) is 5.00. The van der Waals surface area contributed by atoms with Crippen molar-refractivity contribution in [3.63, 3.8) is 0 Å². The molecule has 6 heteroatoms. The lowest BCUT2D eigenvalue weighted by molar-refractivity contribution is 0.0952. The van der Waals surface area contributed by atoms with Crippen molar-refractivity contribution in [2.24, 2.45) is 0 Å². The van der Waals surface area contributed by atoms with Crippen LogP contribution in [-0.2, 0) is 6.54 Å². The summed E-state index contributed by atoms with van der Waals surface area (Å²) in [5, 5.41) is 12.2. The minimum absolute atomic E-state index is 0.267. The van der Waals surface area contributed by atoms with Crippen molar-refractivity contribution in [1.29, 1.82) is 5.26 Å². The Hall–Kier alpha value is -2.71. The highest BCUT2D eigenvalue weighted by Gasteiger charge is 2.11. The maximum absolute atomic E-state index is 12.1. The molecule has 0 radical (unpaired) electrons. The van der Waals surface area contributed by atoms with E-state index < -0.39 is 0 Å². The van der Waals surface area contributed by atoms with Gasteiger partial charge in [-0.3, -0.25) is 4.79 Å². The predicted molar refractivity (Wildman–Crippen MR) is 84.7 cm³/mol. The number of hydrogen-bond acceptors (Lipinski definition) is 4. The number of hydrogen-bond donors (Lipinski definition) is 2. The van der Waals surface area contributed by atoms with Crippen molar-refractivity contribution in [2.75, 3.05) is 12.8 Å². The summed E-state index contributed by atoms with van der Waals surface area (Å²) >= 11 is 5.87. The molecule has 0 saturated carbocycles. The second kappa shape index (κ2) is 6.83. The molecule has 2 rings (SSSR count). The van der Waals surface area contributed by atoms with Gasteiger partial charge in [-0.25, -0.2) is 0 Å². The normalized spacial score (nSPS) is 9.86. The summed E-state index contributed by atoms with van der Waals surface area (Å²) in [6.07, 6.45) is 0. The molecule has 0 aromatic heterocycles. The van der Waals surface area contributed by atoms with E-state index in [1.165, 1.54) is 13.2 Å². The molecule has 2 aromatic rings. The Kier molecular flexibility index (Phi) is 4.87. The summed E-state index contributed by atoms with van der Waals surface area (Å²) in [6, 6.07) is 11.9. The van der Waals surface area contributed by atoms with E-state index in [9.17, 15) is 4.79 Å². The van der Waals surface area contributed by atoms with Gasteiger partial charge in [0.1, 0.15) is 11.8 Å². The summed E-state index contributed by atoms with van der Waals surface area (Å²) in [5.41, 5.74) is 7.64. The molecular weight excluding hydrogens is 302 g/mol. The van der Waals surface area contributed by atoms with Crippen LogP contribution in [0.1, 0.15) is 21.5 Å². The van der Waals surface area contributed by atoms with E-state index in [4.69, 9.17) is 27.3 Å². The van der Waals surface area contributed by atoms with E-state index in [0.29, 0.717) is 27.6 Å². The number of methoxy groups -OCH3 is 1. The molecule has 0 unspecified atom stereocenters. The fourth-order valence-corrected chi connectivity index (χ4v) is 2.13. The number of anilines is 1. The molecule has 5 nitrogen and oxygen atoms in total. The number of nitrogens with two attached hydrogens (primary N) is 1. The van der Waals surface area contributed by atoms with Crippen molar-refractivity contribution < 1.29 is 9.53 Å². The zero-order valence-corrected chi connectivity index (χ0v) is 12.6.